The summed E-state index contributed by atoms with van der Waals surface area (Å²) in [5.41, 5.74) is -0.266. The molecule has 1 N–H and O–H groups in total. The lowest BCUT2D eigenvalue weighted by molar-refractivity contribution is -0.132. The summed E-state index contributed by atoms with van der Waals surface area (Å²) in [7, 11) is 3.72. The number of hydrogen-bond acceptors (Lipinski definition) is 3. The van der Waals surface area contributed by atoms with Crippen LogP contribution in [0.1, 0.15) is 25.6 Å². The Hall–Kier alpha value is -1.36. The molecule has 0 bridgehead atoms. The van der Waals surface area contributed by atoms with Gasteiger partial charge < -0.3 is 9.88 Å². The standard InChI is InChI=1S/C13H22N4O/c1-13(12(18)14-2)5-4-7-17(10-13)9-11-15-6-8-16(11)3/h6,8H,4-5,7,9-10H2,1-3H3,(H,14,18)/t13-/m1/s1. The lowest BCUT2D eigenvalue weighted by Crippen LogP contribution is -2.49. The second-order valence-electron chi connectivity index (χ2n) is 5.41. The number of piperidine rings is 1. The lowest BCUT2D eigenvalue weighted by atomic mass is 9.81. The fourth-order valence-corrected chi connectivity index (χ4v) is 2.72. The average molecular weight is 250 g/mol. The van der Waals surface area contributed by atoms with Gasteiger partial charge in [0.25, 0.3) is 0 Å². The average Bonchev–Trinajstić information content (AvgIpc) is 2.74. The Morgan fingerprint density at radius 2 is 2.39 bits per heavy atom. The lowest BCUT2D eigenvalue weighted by Gasteiger charge is -2.38. The zero-order chi connectivity index (χ0) is 13.2. The van der Waals surface area contributed by atoms with Crippen molar-refractivity contribution in [3.05, 3.63) is 18.2 Å². The highest BCUT2D eigenvalue weighted by atomic mass is 16.2. The van der Waals surface area contributed by atoms with Crippen LogP contribution in [-0.4, -0.2) is 40.5 Å². The molecule has 0 aromatic carbocycles. The van der Waals surface area contributed by atoms with E-state index in [2.05, 4.69) is 22.1 Å². The van der Waals surface area contributed by atoms with Crippen LogP contribution in [0.25, 0.3) is 0 Å². The van der Waals surface area contributed by atoms with E-state index in [9.17, 15) is 4.79 Å². The number of imidazole rings is 1. The SMILES string of the molecule is CNC(=O)[C@]1(C)CCCN(Cc2nccn2C)C1. The van der Waals surface area contributed by atoms with E-state index >= 15 is 0 Å². The Labute approximate surface area is 108 Å². The monoisotopic (exact) mass is 250 g/mol. The maximum Gasteiger partial charge on any atom is 0.226 e. The van der Waals surface area contributed by atoms with Gasteiger partial charge in [0.05, 0.1) is 12.0 Å². The van der Waals surface area contributed by atoms with Gasteiger partial charge in [-0.05, 0) is 26.3 Å². The summed E-state index contributed by atoms with van der Waals surface area (Å²) in [6.45, 7) is 4.71. The van der Waals surface area contributed by atoms with Crippen molar-refractivity contribution >= 4 is 5.91 Å². The molecule has 0 saturated carbocycles. The van der Waals surface area contributed by atoms with Crippen LogP contribution in [0.2, 0.25) is 0 Å². The fraction of sp³-hybridized carbons (Fsp3) is 0.692. The molecule has 0 unspecified atom stereocenters. The topological polar surface area (TPSA) is 50.2 Å². The van der Waals surface area contributed by atoms with Crippen LogP contribution in [0.3, 0.4) is 0 Å². The van der Waals surface area contributed by atoms with E-state index in [1.807, 2.05) is 24.0 Å². The normalized spacial score (nSPS) is 25.1. The van der Waals surface area contributed by atoms with E-state index in [4.69, 9.17) is 0 Å². The molecule has 1 saturated heterocycles. The van der Waals surface area contributed by atoms with Crippen molar-refractivity contribution in [3.8, 4) is 0 Å². The Morgan fingerprint density at radius 1 is 1.61 bits per heavy atom. The van der Waals surface area contributed by atoms with Crippen LogP contribution in [-0.2, 0) is 18.4 Å². The van der Waals surface area contributed by atoms with E-state index in [1.54, 1.807) is 7.05 Å². The summed E-state index contributed by atoms with van der Waals surface area (Å²) in [5, 5.41) is 2.78. The van der Waals surface area contributed by atoms with Gasteiger partial charge in [-0.2, -0.15) is 0 Å². The second kappa shape index (κ2) is 5.10. The van der Waals surface area contributed by atoms with Gasteiger partial charge in [0.15, 0.2) is 0 Å². The van der Waals surface area contributed by atoms with Crippen LogP contribution < -0.4 is 5.32 Å². The van der Waals surface area contributed by atoms with E-state index in [1.165, 1.54) is 0 Å². The molecule has 100 valence electrons. The molecule has 1 aliphatic heterocycles. The van der Waals surface area contributed by atoms with Gasteiger partial charge in [0.1, 0.15) is 5.82 Å². The molecule has 1 aliphatic rings. The van der Waals surface area contributed by atoms with Crippen LogP contribution >= 0.6 is 0 Å². The number of nitrogens with zero attached hydrogens (tertiary/aromatic N) is 3. The molecule has 1 aromatic rings. The minimum absolute atomic E-state index is 0.145. The summed E-state index contributed by atoms with van der Waals surface area (Å²) in [4.78, 5) is 18.6. The highest BCUT2D eigenvalue weighted by Gasteiger charge is 2.37. The van der Waals surface area contributed by atoms with Crippen molar-refractivity contribution in [3.63, 3.8) is 0 Å². The van der Waals surface area contributed by atoms with Crippen molar-refractivity contribution < 1.29 is 4.79 Å². The summed E-state index contributed by atoms with van der Waals surface area (Å²) in [6.07, 6.45) is 5.80. The number of likely N-dealkylation sites (tertiary alicyclic amines) is 1. The van der Waals surface area contributed by atoms with Crippen LogP contribution in [0.5, 0.6) is 0 Å². The van der Waals surface area contributed by atoms with Crippen molar-refractivity contribution in [2.24, 2.45) is 12.5 Å². The predicted octanol–water partition coefficient (Wildman–Crippen LogP) is 0.768. The first-order valence-corrected chi connectivity index (χ1v) is 6.46. The molecule has 0 radical (unpaired) electrons. The van der Waals surface area contributed by atoms with Gasteiger partial charge >= 0.3 is 0 Å². The highest BCUT2D eigenvalue weighted by Crippen LogP contribution is 2.30. The number of aryl methyl sites for hydroxylation is 1. The molecule has 2 rings (SSSR count). The molecule has 0 aliphatic carbocycles. The summed E-state index contributed by atoms with van der Waals surface area (Å²) in [6, 6.07) is 0. The first kappa shape index (κ1) is 13.1. The number of amides is 1. The minimum Gasteiger partial charge on any atom is -0.359 e. The number of carbonyl (C=O) groups is 1. The van der Waals surface area contributed by atoms with E-state index in [0.29, 0.717) is 0 Å². The van der Waals surface area contributed by atoms with Gasteiger partial charge in [0.2, 0.25) is 5.91 Å². The van der Waals surface area contributed by atoms with Crippen molar-refractivity contribution in [1.29, 1.82) is 0 Å². The first-order chi connectivity index (χ1) is 8.55. The smallest absolute Gasteiger partial charge is 0.226 e. The molecule has 2 heterocycles. The second-order valence-corrected chi connectivity index (χ2v) is 5.41. The number of rotatable bonds is 3. The molecule has 1 atom stereocenters. The van der Waals surface area contributed by atoms with Crippen LogP contribution in [0.4, 0.5) is 0 Å². The number of carbonyl (C=O) groups excluding carboxylic acids is 1. The Morgan fingerprint density at radius 3 is 3.00 bits per heavy atom. The Bertz CT molecular complexity index is 428. The van der Waals surface area contributed by atoms with E-state index < -0.39 is 0 Å². The molecule has 1 amide bonds. The molecule has 5 heteroatoms. The maximum atomic E-state index is 11.9. The van der Waals surface area contributed by atoms with Gasteiger partial charge in [-0.1, -0.05) is 0 Å². The number of nitrogens with one attached hydrogen (secondary N) is 1. The third-order valence-corrected chi connectivity index (χ3v) is 3.84. The maximum absolute atomic E-state index is 11.9. The third-order valence-electron chi connectivity index (χ3n) is 3.84. The van der Waals surface area contributed by atoms with Crippen molar-refractivity contribution in [2.45, 2.75) is 26.3 Å². The molecular weight excluding hydrogens is 228 g/mol. The first-order valence-electron chi connectivity index (χ1n) is 6.46. The number of aromatic nitrogens is 2. The zero-order valence-corrected chi connectivity index (χ0v) is 11.4. The summed E-state index contributed by atoms with van der Waals surface area (Å²) in [5.74, 6) is 1.20. The number of hydrogen-bond donors (Lipinski definition) is 1. The van der Waals surface area contributed by atoms with Gasteiger partial charge in [0, 0.05) is 33.0 Å². The summed E-state index contributed by atoms with van der Waals surface area (Å²) >= 11 is 0. The molecule has 0 spiro atoms. The fourth-order valence-electron chi connectivity index (χ4n) is 2.72. The Balaban J connectivity index is 2.03. The Kier molecular flexibility index (Phi) is 3.71. The van der Waals surface area contributed by atoms with E-state index in [0.717, 1.165) is 38.3 Å². The zero-order valence-electron chi connectivity index (χ0n) is 11.4. The molecule has 1 fully saturated rings. The van der Waals surface area contributed by atoms with Crippen molar-refractivity contribution in [2.75, 3.05) is 20.1 Å². The van der Waals surface area contributed by atoms with Crippen molar-refractivity contribution in [1.82, 2.24) is 19.8 Å². The predicted molar refractivity (Wildman–Crippen MR) is 69.9 cm³/mol. The van der Waals surface area contributed by atoms with E-state index in [-0.39, 0.29) is 11.3 Å². The molecule has 5 nitrogen and oxygen atoms in total. The van der Waals surface area contributed by atoms with Gasteiger partial charge in [-0.15, -0.1) is 0 Å². The largest absolute Gasteiger partial charge is 0.359 e. The molecule has 18 heavy (non-hydrogen) atoms. The quantitative estimate of drug-likeness (QED) is 0.862. The van der Waals surface area contributed by atoms with Crippen LogP contribution in [0, 0.1) is 5.41 Å². The summed E-state index contributed by atoms with van der Waals surface area (Å²) < 4.78 is 2.03. The van der Waals surface area contributed by atoms with Crippen LogP contribution in [0.15, 0.2) is 12.4 Å². The highest BCUT2D eigenvalue weighted by molar-refractivity contribution is 5.82. The molecular formula is C13H22N4O. The third kappa shape index (κ3) is 2.56. The molecule has 1 aromatic heterocycles. The van der Waals surface area contributed by atoms with Gasteiger partial charge in [-0.25, -0.2) is 4.98 Å². The van der Waals surface area contributed by atoms with Gasteiger partial charge in [-0.3, -0.25) is 9.69 Å². The minimum atomic E-state index is -0.266.